The number of hydrogen-bond acceptors (Lipinski definition) is 3. The van der Waals surface area contributed by atoms with Crippen molar-refractivity contribution in [1.29, 1.82) is 0 Å². The lowest BCUT2D eigenvalue weighted by Gasteiger charge is -2.18. The Morgan fingerprint density at radius 2 is 2.28 bits per heavy atom. The number of hydrogen-bond donors (Lipinski definition) is 2. The van der Waals surface area contributed by atoms with Gasteiger partial charge in [0.15, 0.2) is 0 Å². The van der Waals surface area contributed by atoms with Crippen LogP contribution in [0.25, 0.3) is 0 Å². The van der Waals surface area contributed by atoms with Gasteiger partial charge in [-0.3, -0.25) is 4.79 Å². The number of aryl methyl sites for hydroxylation is 1. The van der Waals surface area contributed by atoms with E-state index in [2.05, 4.69) is 15.5 Å². The van der Waals surface area contributed by atoms with E-state index in [1.165, 1.54) is 11.3 Å². The third kappa shape index (κ3) is 3.23. The van der Waals surface area contributed by atoms with Crippen LogP contribution in [0.5, 0.6) is 0 Å². The summed E-state index contributed by atoms with van der Waals surface area (Å²) in [4.78, 5) is 14.0. The lowest BCUT2D eigenvalue weighted by molar-refractivity contribution is 0.0951. The number of fused-ring (bicyclic) bond motifs is 1. The van der Waals surface area contributed by atoms with Crippen molar-refractivity contribution in [2.75, 3.05) is 39.0 Å². The molecule has 1 heterocycles. The first-order valence-electron chi connectivity index (χ1n) is 6.46. The lowest BCUT2D eigenvalue weighted by Crippen LogP contribution is -2.31. The maximum Gasteiger partial charge on any atom is 0.251 e. The number of likely N-dealkylation sites (N-methyl/N-ethyl adjacent to an activating group) is 1. The zero-order valence-corrected chi connectivity index (χ0v) is 11.1. The first-order chi connectivity index (χ1) is 8.66. The molecule has 0 spiro atoms. The molecule has 1 aromatic carbocycles. The van der Waals surface area contributed by atoms with Crippen molar-refractivity contribution in [3.8, 4) is 0 Å². The van der Waals surface area contributed by atoms with E-state index >= 15 is 0 Å². The molecule has 0 saturated carbocycles. The van der Waals surface area contributed by atoms with Gasteiger partial charge in [0.05, 0.1) is 0 Å². The summed E-state index contributed by atoms with van der Waals surface area (Å²) in [6, 6.07) is 5.91. The van der Waals surface area contributed by atoms with Crippen LogP contribution < -0.4 is 10.6 Å². The fraction of sp³-hybridized carbons (Fsp3) is 0.500. The van der Waals surface area contributed by atoms with Crippen LogP contribution in [0.2, 0.25) is 0 Å². The van der Waals surface area contributed by atoms with Gasteiger partial charge in [-0.25, -0.2) is 0 Å². The number of rotatable bonds is 4. The minimum Gasteiger partial charge on any atom is -0.385 e. The molecule has 2 N–H and O–H groups in total. The van der Waals surface area contributed by atoms with Crippen molar-refractivity contribution in [2.24, 2.45) is 0 Å². The van der Waals surface area contributed by atoms with Gasteiger partial charge >= 0.3 is 0 Å². The van der Waals surface area contributed by atoms with Crippen molar-refractivity contribution < 1.29 is 4.79 Å². The molecular weight excluding hydrogens is 226 g/mol. The van der Waals surface area contributed by atoms with Crippen molar-refractivity contribution in [3.63, 3.8) is 0 Å². The highest BCUT2D eigenvalue weighted by molar-refractivity contribution is 5.94. The Kier molecular flexibility index (Phi) is 4.20. The van der Waals surface area contributed by atoms with E-state index < -0.39 is 0 Å². The van der Waals surface area contributed by atoms with Gasteiger partial charge in [0, 0.05) is 30.9 Å². The average molecular weight is 247 g/mol. The van der Waals surface area contributed by atoms with Crippen LogP contribution >= 0.6 is 0 Å². The van der Waals surface area contributed by atoms with E-state index in [4.69, 9.17) is 0 Å². The molecule has 0 unspecified atom stereocenters. The van der Waals surface area contributed by atoms with Crippen molar-refractivity contribution in [1.82, 2.24) is 10.2 Å². The monoisotopic (exact) mass is 247 g/mol. The van der Waals surface area contributed by atoms with E-state index in [-0.39, 0.29) is 5.91 Å². The Hall–Kier alpha value is -1.55. The van der Waals surface area contributed by atoms with Gasteiger partial charge in [-0.1, -0.05) is 0 Å². The molecule has 0 fully saturated rings. The molecule has 18 heavy (non-hydrogen) atoms. The van der Waals surface area contributed by atoms with Crippen LogP contribution in [0.1, 0.15) is 22.3 Å². The summed E-state index contributed by atoms with van der Waals surface area (Å²) in [6.07, 6.45) is 2.19. The van der Waals surface area contributed by atoms with Gasteiger partial charge in [0.2, 0.25) is 0 Å². The molecule has 4 nitrogen and oxygen atoms in total. The van der Waals surface area contributed by atoms with Gasteiger partial charge in [0.25, 0.3) is 5.91 Å². The third-order valence-corrected chi connectivity index (χ3v) is 3.15. The van der Waals surface area contributed by atoms with Crippen LogP contribution in [0.4, 0.5) is 5.69 Å². The summed E-state index contributed by atoms with van der Waals surface area (Å²) < 4.78 is 0. The largest absolute Gasteiger partial charge is 0.385 e. The Balaban J connectivity index is 1.98. The van der Waals surface area contributed by atoms with Gasteiger partial charge in [0.1, 0.15) is 0 Å². The first-order valence-corrected chi connectivity index (χ1v) is 6.46. The summed E-state index contributed by atoms with van der Waals surface area (Å²) in [5.41, 5.74) is 3.18. The van der Waals surface area contributed by atoms with E-state index in [0.717, 1.165) is 31.5 Å². The summed E-state index contributed by atoms with van der Waals surface area (Å²) in [5.74, 6) is 0.0187. The molecule has 0 aromatic heterocycles. The summed E-state index contributed by atoms with van der Waals surface area (Å²) in [5, 5.41) is 6.28. The minimum absolute atomic E-state index is 0.0187. The number of carbonyl (C=O) groups is 1. The Bertz CT molecular complexity index is 429. The summed E-state index contributed by atoms with van der Waals surface area (Å²) in [7, 11) is 3.99. The number of benzene rings is 1. The van der Waals surface area contributed by atoms with Gasteiger partial charge < -0.3 is 15.5 Å². The van der Waals surface area contributed by atoms with Gasteiger partial charge in [-0.2, -0.15) is 0 Å². The lowest BCUT2D eigenvalue weighted by atomic mass is 10.0. The summed E-state index contributed by atoms with van der Waals surface area (Å²) >= 11 is 0. The molecule has 1 amide bonds. The molecule has 0 radical (unpaired) electrons. The van der Waals surface area contributed by atoms with E-state index in [9.17, 15) is 4.79 Å². The van der Waals surface area contributed by atoms with Crippen molar-refractivity contribution in [2.45, 2.75) is 12.8 Å². The summed E-state index contributed by atoms with van der Waals surface area (Å²) in [6.45, 7) is 2.57. The second kappa shape index (κ2) is 5.87. The Morgan fingerprint density at radius 3 is 3.06 bits per heavy atom. The second-order valence-electron chi connectivity index (χ2n) is 4.96. The molecule has 0 atom stereocenters. The number of anilines is 1. The Morgan fingerprint density at radius 1 is 1.44 bits per heavy atom. The molecule has 1 aliphatic heterocycles. The fourth-order valence-corrected chi connectivity index (χ4v) is 2.11. The molecule has 1 aliphatic rings. The highest BCUT2D eigenvalue weighted by Crippen LogP contribution is 2.22. The number of amides is 1. The maximum atomic E-state index is 12.0. The van der Waals surface area contributed by atoms with Gasteiger partial charge in [-0.15, -0.1) is 0 Å². The molecule has 0 aliphatic carbocycles. The highest BCUT2D eigenvalue weighted by Gasteiger charge is 2.12. The van der Waals surface area contributed by atoms with Crippen molar-refractivity contribution in [3.05, 3.63) is 29.3 Å². The molecule has 0 bridgehead atoms. The van der Waals surface area contributed by atoms with Gasteiger partial charge in [-0.05, 0) is 50.7 Å². The molecule has 1 aromatic rings. The number of nitrogens with zero attached hydrogens (tertiary/aromatic N) is 1. The quantitative estimate of drug-likeness (QED) is 0.844. The fourth-order valence-electron chi connectivity index (χ4n) is 2.11. The topological polar surface area (TPSA) is 44.4 Å². The highest BCUT2D eigenvalue weighted by atomic mass is 16.1. The van der Waals surface area contributed by atoms with Crippen LogP contribution in [0, 0.1) is 0 Å². The Labute approximate surface area is 108 Å². The number of nitrogens with one attached hydrogen (secondary N) is 2. The SMILES string of the molecule is CN(C)CCNC(=O)c1ccc2c(c1)CCCN2. The van der Waals surface area contributed by atoms with E-state index in [1.54, 1.807) is 0 Å². The van der Waals surface area contributed by atoms with Crippen LogP contribution in [0.15, 0.2) is 18.2 Å². The average Bonchev–Trinajstić information content (AvgIpc) is 2.37. The molecule has 98 valence electrons. The smallest absolute Gasteiger partial charge is 0.251 e. The predicted molar refractivity (Wildman–Crippen MR) is 74.1 cm³/mol. The predicted octanol–water partition coefficient (Wildman–Crippen LogP) is 1.34. The minimum atomic E-state index is 0.0187. The maximum absolute atomic E-state index is 12.0. The second-order valence-corrected chi connectivity index (χ2v) is 4.96. The van der Waals surface area contributed by atoms with Crippen molar-refractivity contribution >= 4 is 11.6 Å². The van der Waals surface area contributed by atoms with E-state index in [0.29, 0.717) is 6.54 Å². The molecule has 2 rings (SSSR count). The zero-order valence-electron chi connectivity index (χ0n) is 11.1. The zero-order chi connectivity index (χ0) is 13.0. The number of carbonyl (C=O) groups excluding carboxylic acids is 1. The normalized spacial score (nSPS) is 13.9. The van der Waals surface area contributed by atoms with Crippen LogP contribution in [-0.4, -0.2) is 44.5 Å². The third-order valence-electron chi connectivity index (χ3n) is 3.15. The standard InChI is InChI=1S/C14H21N3O/c1-17(2)9-8-16-14(18)12-5-6-13-11(10-12)4-3-7-15-13/h5-6,10,15H,3-4,7-9H2,1-2H3,(H,16,18). The molecule has 4 heteroatoms. The molecular formula is C14H21N3O. The van der Waals surface area contributed by atoms with Crippen LogP contribution in [-0.2, 0) is 6.42 Å². The van der Waals surface area contributed by atoms with E-state index in [1.807, 2.05) is 32.3 Å². The van der Waals surface area contributed by atoms with Crippen LogP contribution in [0.3, 0.4) is 0 Å². The molecule has 0 saturated heterocycles. The first kappa shape index (κ1) is 12.9.